The van der Waals surface area contributed by atoms with Crippen LogP contribution in [-0.4, -0.2) is 17.7 Å². The molecule has 0 amide bonds. The number of rotatable bonds is 3. The number of benzene rings is 2. The first-order valence-electron chi connectivity index (χ1n) is 6.03. The van der Waals surface area contributed by atoms with Crippen LogP contribution >= 0.6 is 0 Å². The molecule has 1 aliphatic heterocycles. The minimum Gasteiger partial charge on any atom is -0.454 e. The number of ether oxygens (including phenoxy) is 2. The Labute approximate surface area is 114 Å². The van der Waals surface area contributed by atoms with E-state index in [-0.39, 0.29) is 12.4 Å². The Kier molecular flexibility index (Phi) is 3.12. The molecule has 0 fully saturated rings. The molecule has 0 radical (unpaired) electrons. The summed E-state index contributed by atoms with van der Waals surface area (Å²) in [6.45, 7) is 0.107. The Hall–Kier alpha value is -2.40. The van der Waals surface area contributed by atoms with E-state index in [4.69, 9.17) is 9.47 Å². The lowest BCUT2D eigenvalue weighted by Crippen LogP contribution is -2.13. The zero-order valence-electron chi connectivity index (χ0n) is 10.4. The monoisotopic (exact) mass is 274 g/mol. The van der Waals surface area contributed by atoms with Crippen LogP contribution in [0.4, 0.5) is 4.39 Å². The number of carbonyl (C=O) groups excluding carboxylic acids is 1. The molecule has 2 aromatic carbocycles. The highest BCUT2D eigenvalue weighted by Crippen LogP contribution is 2.34. The van der Waals surface area contributed by atoms with E-state index in [0.717, 1.165) is 0 Å². The van der Waals surface area contributed by atoms with Gasteiger partial charge in [0.2, 0.25) is 6.79 Å². The molecule has 1 aliphatic rings. The van der Waals surface area contributed by atoms with E-state index in [2.05, 4.69) is 0 Å². The van der Waals surface area contributed by atoms with Crippen molar-refractivity contribution in [2.75, 3.05) is 6.79 Å². The van der Waals surface area contributed by atoms with Gasteiger partial charge in [-0.25, -0.2) is 4.39 Å². The van der Waals surface area contributed by atoms with Crippen LogP contribution in [0.2, 0.25) is 0 Å². The largest absolute Gasteiger partial charge is 0.454 e. The Morgan fingerprint density at radius 1 is 1.15 bits per heavy atom. The highest BCUT2D eigenvalue weighted by Gasteiger charge is 2.24. The number of aliphatic hydroxyl groups excluding tert-OH is 1. The standard InChI is InChI=1S/C15H11FO4/c16-11-4-2-1-3-10(11)15(18)14(17)9-5-6-12-13(7-9)20-8-19-12/h1-7,14,17H,8H2. The average molecular weight is 274 g/mol. The summed E-state index contributed by atoms with van der Waals surface area (Å²) in [7, 11) is 0. The molecule has 3 rings (SSSR count). The second-order valence-corrected chi connectivity index (χ2v) is 4.36. The topological polar surface area (TPSA) is 55.8 Å². The SMILES string of the molecule is O=C(c1ccccc1F)C(O)c1ccc2c(c1)OCO2. The molecule has 1 unspecified atom stereocenters. The van der Waals surface area contributed by atoms with Crippen molar-refractivity contribution in [3.8, 4) is 11.5 Å². The van der Waals surface area contributed by atoms with Crippen LogP contribution in [0.1, 0.15) is 22.0 Å². The Bertz CT molecular complexity index is 669. The lowest BCUT2D eigenvalue weighted by molar-refractivity contribution is 0.0742. The molecule has 0 spiro atoms. The second-order valence-electron chi connectivity index (χ2n) is 4.36. The van der Waals surface area contributed by atoms with Crippen molar-refractivity contribution in [3.63, 3.8) is 0 Å². The molecule has 0 aromatic heterocycles. The zero-order chi connectivity index (χ0) is 14.1. The maximum absolute atomic E-state index is 13.6. The van der Waals surface area contributed by atoms with E-state index in [1.165, 1.54) is 24.3 Å². The maximum atomic E-state index is 13.6. The van der Waals surface area contributed by atoms with Gasteiger partial charge in [0.05, 0.1) is 5.56 Å². The number of carbonyl (C=O) groups is 1. The fraction of sp³-hybridized carbons (Fsp3) is 0.133. The summed E-state index contributed by atoms with van der Waals surface area (Å²) in [6.07, 6.45) is -1.44. The van der Waals surface area contributed by atoms with E-state index in [1.807, 2.05) is 0 Å². The van der Waals surface area contributed by atoms with Crippen molar-refractivity contribution in [2.24, 2.45) is 0 Å². The molecule has 1 heterocycles. The summed E-state index contributed by atoms with van der Waals surface area (Å²) in [5.41, 5.74) is 0.195. The fourth-order valence-corrected chi connectivity index (χ4v) is 2.04. The maximum Gasteiger partial charge on any atom is 0.231 e. The predicted octanol–water partition coefficient (Wildman–Crippen LogP) is 2.47. The van der Waals surface area contributed by atoms with Crippen LogP contribution in [0.3, 0.4) is 0 Å². The van der Waals surface area contributed by atoms with Gasteiger partial charge in [-0.15, -0.1) is 0 Å². The molecule has 0 aliphatic carbocycles. The first kappa shape index (κ1) is 12.6. The smallest absolute Gasteiger partial charge is 0.231 e. The van der Waals surface area contributed by atoms with Crippen LogP contribution in [0.5, 0.6) is 11.5 Å². The molecule has 102 valence electrons. The number of aliphatic hydroxyl groups is 1. The van der Waals surface area contributed by atoms with Gasteiger partial charge < -0.3 is 14.6 Å². The highest BCUT2D eigenvalue weighted by molar-refractivity contribution is 6.00. The van der Waals surface area contributed by atoms with Crippen molar-refractivity contribution in [2.45, 2.75) is 6.10 Å². The van der Waals surface area contributed by atoms with E-state index >= 15 is 0 Å². The van der Waals surface area contributed by atoms with E-state index in [9.17, 15) is 14.3 Å². The average Bonchev–Trinajstić information content (AvgIpc) is 2.93. The zero-order valence-corrected chi connectivity index (χ0v) is 10.4. The quantitative estimate of drug-likeness (QED) is 0.874. The molecule has 20 heavy (non-hydrogen) atoms. The van der Waals surface area contributed by atoms with E-state index in [1.54, 1.807) is 18.2 Å². The molecule has 2 aromatic rings. The number of Topliss-reactive ketones (excluding diaryl/α,β-unsaturated/α-hetero) is 1. The van der Waals surface area contributed by atoms with Gasteiger partial charge in [0.1, 0.15) is 11.9 Å². The Morgan fingerprint density at radius 3 is 2.70 bits per heavy atom. The molecule has 0 saturated heterocycles. The van der Waals surface area contributed by atoms with Gasteiger partial charge in [0, 0.05) is 0 Å². The number of hydrogen-bond donors (Lipinski definition) is 1. The van der Waals surface area contributed by atoms with Gasteiger partial charge in [-0.2, -0.15) is 0 Å². The minimum atomic E-state index is -1.44. The summed E-state index contributed by atoms with van der Waals surface area (Å²) in [4.78, 5) is 12.1. The van der Waals surface area contributed by atoms with Crippen LogP contribution in [0.25, 0.3) is 0 Å². The fourth-order valence-electron chi connectivity index (χ4n) is 2.04. The van der Waals surface area contributed by atoms with E-state index < -0.39 is 17.7 Å². The third kappa shape index (κ3) is 2.12. The normalized spacial score (nSPS) is 14.1. The van der Waals surface area contributed by atoms with Crippen LogP contribution in [-0.2, 0) is 0 Å². The highest BCUT2D eigenvalue weighted by atomic mass is 19.1. The van der Waals surface area contributed by atoms with Gasteiger partial charge >= 0.3 is 0 Å². The molecular formula is C15H11FO4. The van der Waals surface area contributed by atoms with E-state index in [0.29, 0.717) is 17.1 Å². The van der Waals surface area contributed by atoms with Crippen LogP contribution in [0.15, 0.2) is 42.5 Å². The lowest BCUT2D eigenvalue weighted by Gasteiger charge is -2.11. The molecule has 0 bridgehead atoms. The number of fused-ring (bicyclic) bond motifs is 1. The second kappa shape index (κ2) is 4.94. The van der Waals surface area contributed by atoms with Gasteiger partial charge in [-0.05, 0) is 29.8 Å². The Morgan fingerprint density at radius 2 is 1.90 bits per heavy atom. The van der Waals surface area contributed by atoms with Crippen molar-refractivity contribution >= 4 is 5.78 Å². The first-order valence-corrected chi connectivity index (χ1v) is 6.03. The summed E-state index contributed by atoms with van der Waals surface area (Å²) in [6, 6.07) is 10.2. The molecule has 5 heteroatoms. The third-order valence-electron chi connectivity index (χ3n) is 3.10. The number of hydrogen-bond acceptors (Lipinski definition) is 4. The summed E-state index contributed by atoms with van der Waals surface area (Å²) in [5.74, 6) is -0.332. The molecule has 0 saturated carbocycles. The summed E-state index contributed by atoms with van der Waals surface area (Å²) >= 11 is 0. The van der Waals surface area contributed by atoms with Gasteiger partial charge in [-0.3, -0.25) is 4.79 Å². The Balaban J connectivity index is 1.91. The van der Waals surface area contributed by atoms with Gasteiger partial charge in [-0.1, -0.05) is 18.2 Å². The first-order chi connectivity index (χ1) is 9.66. The van der Waals surface area contributed by atoms with Crippen LogP contribution in [0, 0.1) is 5.82 Å². The van der Waals surface area contributed by atoms with Gasteiger partial charge in [0.15, 0.2) is 17.3 Å². The van der Waals surface area contributed by atoms with Gasteiger partial charge in [0.25, 0.3) is 0 Å². The van der Waals surface area contributed by atoms with Crippen molar-refractivity contribution in [1.82, 2.24) is 0 Å². The number of halogens is 1. The summed E-state index contributed by atoms with van der Waals surface area (Å²) < 4.78 is 23.9. The molecular weight excluding hydrogens is 263 g/mol. The molecule has 1 atom stereocenters. The molecule has 4 nitrogen and oxygen atoms in total. The molecule has 1 N–H and O–H groups in total. The predicted molar refractivity (Wildman–Crippen MR) is 68.3 cm³/mol. The third-order valence-corrected chi connectivity index (χ3v) is 3.10. The van der Waals surface area contributed by atoms with Crippen molar-refractivity contribution < 1.29 is 23.8 Å². The lowest BCUT2D eigenvalue weighted by atomic mass is 9.99. The van der Waals surface area contributed by atoms with Crippen molar-refractivity contribution in [1.29, 1.82) is 0 Å². The summed E-state index contributed by atoms with van der Waals surface area (Å²) in [5, 5.41) is 10.1. The van der Waals surface area contributed by atoms with Crippen LogP contribution < -0.4 is 9.47 Å². The minimum absolute atomic E-state index is 0.107. The number of ketones is 1. The van der Waals surface area contributed by atoms with Crippen molar-refractivity contribution in [3.05, 3.63) is 59.4 Å².